The van der Waals surface area contributed by atoms with Crippen molar-refractivity contribution in [1.82, 2.24) is 9.78 Å². The van der Waals surface area contributed by atoms with Gasteiger partial charge in [0.15, 0.2) is 0 Å². The van der Waals surface area contributed by atoms with Gasteiger partial charge in [0, 0.05) is 4.47 Å². The molecule has 1 aromatic heterocycles. The van der Waals surface area contributed by atoms with Crippen LogP contribution >= 0.6 is 27.5 Å². The van der Waals surface area contributed by atoms with E-state index in [0.717, 1.165) is 5.56 Å². The number of nitrogens with zero attached hydrogens (tertiary/aromatic N) is 2. The fourth-order valence-electron chi connectivity index (χ4n) is 1.81. The smallest absolute Gasteiger partial charge is 0.141 e. The quantitative estimate of drug-likeness (QED) is 0.905. The van der Waals surface area contributed by atoms with Crippen LogP contribution in [0.2, 0.25) is 5.02 Å². The van der Waals surface area contributed by atoms with Crippen molar-refractivity contribution >= 4 is 33.3 Å². The maximum atomic E-state index is 13.1. The molecule has 6 heteroatoms. The van der Waals surface area contributed by atoms with Gasteiger partial charge in [-0.1, -0.05) is 33.6 Å². The van der Waals surface area contributed by atoms with E-state index in [0.29, 0.717) is 21.0 Å². The lowest BCUT2D eigenvalue weighted by Gasteiger charge is -2.16. The Morgan fingerprint density at radius 1 is 1.50 bits per heavy atom. The van der Waals surface area contributed by atoms with Gasteiger partial charge in [0.1, 0.15) is 16.7 Å². The highest BCUT2D eigenvalue weighted by atomic mass is 79.9. The number of hydrogen-bond acceptors (Lipinski definition) is 2. The first-order valence-corrected chi connectivity index (χ1v) is 6.54. The largest absolute Gasteiger partial charge is 0.383 e. The van der Waals surface area contributed by atoms with Gasteiger partial charge < -0.3 is 5.73 Å². The first-order valence-electron chi connectivity index (χ1n) is 5.37. The van der Waals surface area contributed by atoms with Gasteiger partial charge in [-0.05, 0) is 31.5 Å². The van der Waals surface area contributed by atoms with Crippen LogP contribution in [0.5, 0.6) is 0 Å². The summed E-state index contributed by atoms with van der Waals surface area (Å²) in [5.41, 5.74) is 7.47. The fourth-order valence-corrected chi connectivity index (χ4v) is 2.62. The van der Waals surface area contributed by atoms with Crippen molar-refractivity contribution in [3.63, 3.8) is 0 Å². The third-order valence-corrected chi connectivity index (χ3v) is 3.98. The summed E-state index contributed by atoms with van der Waals surface area (Å²) in [4.78, 5) is 0. The van der Waals surface area contributed by atoms with E-state index in [4.69, 9.17) is 17.3 Å². The number of nitrogens with two attached hydrogens (primary N) is 1. The van der Waals surface area contributed by atoms with E-state index in [-0.39, 0.29) is 11.9 Å². The van der Waals surface area contributed by atoms with Crippen LogP contribution in [0.3, 0.4) is 0 Å². The number of benzene rings is 1. The topological polar surface area (TPSA) is 43.8 Å². The molecule has 1 heterocycles. The van der Waals surface area contributed by atoms with Gasteiger partial charge >= 0.3 is 0 Å². The Kier molecular flexibility index (Phi) is 3.64. The minimum absolute atomic E-state index is 0.133. The van der Waals surface area contributed by atoms with E-state index in [9.17, 15) is 4.39 Å². The molecular weight excluding hydrogens is 321 g/mol. The van der Waals surface area contributed by atoms with Gasteiger partial charge in [-0.2, -0.15) is 5.10 Å². The molecule has 2 rings (SSSR count). The second-order valence-electron chi connectivity index (χ2n) is 4.07. The molecule has 0 spiro atoms. The molecule has 0 radical (unpaired) electrons. The summed E-state index contributed by atoms with van der Waals surface area (Å²) in [7, 11) is 0. The lowest BCUT2D eigenvalue weighted by Crippen LogP contribution is -2.12. The van der Waals surface area contributed by atoms with Crippen molar-refractivity contribution < 1.29 is 4.39 Å². The number of rotatable bonds is 2. The number of nitrogen functional groups attached to an aromatic ring is 1. The summed E-state index contributed by atoms with van der Waals surface area (Å²) in [5.74, 6) is 0.123. The minimum Gasteiger partial charge on any atom is -0.383 e. The molecule has 0 aliphatic rings. The van der Waals surface area contributed by atoms with E-state index in [2.05, 4.69) is 21.0 Å². The molecule has 0 bridgehead atoms. The summed E-state index contributed by atoms with van der Waals surface area (Å²) in [5, 5.41) is 4.75. The number of halogens is 3. The Balaban J connectivity index is 2.47. The first-order chi connectivity index (χ1) is 8.41. The van der Waals surface area contributed by atoms with Crippen LogP contribution in [0.4, 0.5) is 10.2 Å². The van der Waals surface area contributed by atoms with Crippen molar-refractivity contribution in [2.24, 2.45) is 0 Å². The Bertz CT molecular complexity index is 597. The highest BCUT2D eigenvalue weighted by molar-refractivity contribution is 9.10. The summed E-state index contributed by atoms with van der Waals surface area (Å²) in [6.07, 6.45) is 0. The maximum absolute atomic E-state index is 13.1. The Morgan fingerprint density at radius 3 is 2.67 bits per heavy atom. The zero-order valence-corrected chi connectivity index (χ0v) is 12.3. The van der Waals surface area contributed by atoms with Crippen molar-refractivity contribution in [2.45, 2.75) is 19.9 Å². The number of anilines is 1. The highest BCUT2D eigenvalue weighted by Gasteiger charge is 2.18. The van der Waals surface area contributed by atoms with Crippen molar-refractivity contribution in [3.8, 4) is 0 Å². The lowest BCUT2D eigenvalue weighted by atomic mass is 10.1. The molecule has 18 heavy (non-hydrogen) atoms. The van der Waals surface area contributed by atoms with Crippen molar-refractivity contribution in [1.29, 1.82) is 0 Å². The summed E-state index contributed by atoms with van der Waals surface area (Å²) >= 11 is 9.35. The van der Waals surface area contributed by atoms with Crippen LogP contribution in [-0.4, -0.2) is 9.78 Å². The normalized spacial score (nSPS) is 12.7. The molecule has 1 atom stereocenters. The van der Waals surface area contributed by atoms with Gasteiger partial charge in [0.25, 0.3) is 0 Å². The summed E-state index contributed by atoms with van der Waals surface area (Å²) in [6.45, 7) is 3.72. The molecule has 0 amide bonds. The molecule has 0 fully saturated rings. The SMILES string of the molecule is Cc1nn(C(C)c2ccc(F)cc2Br)c(N)c1Cl. The molecule has 0 aliphatic carbocycles. The Hall–Kier alpha value is -1.07. The average Bonchev–Trinajstić information content (AvgIpc) is 2.56. The van der Waals surface area contributed by atoms with E-state index >= 15 is 0 Å². The number of aromatic nitrogens is 2. The molecule has 3 nitrogen and oxygen atoms in total. The number of aryl methyl sites for hydroxylation is 1. The molecule has 0 saturated carbocycles. The van der Waals surface area contributed by atoms with Crippen LogP contribution in [-0.2, 0) is 0 Å². The second kappa shape index (κ2) is 4.90. The van der Waals surface area contributed by atoms with Crippen LogP contribution in [0, 0.1) is 12.7 Å². The molecule has 2 aromatic rings. The summed E-state index contributed by atoms with van der Waals surface area (Å²) < 4.78 is 15.4. The van der Waals surface area contributed by atoms with Crippen molar-refractivity contribution in [2.75, 3.05) is 5.73 Å². The molecular formula is C12H12BrClFN3. The van der Waals surface area contributed by atoms with Gasteiger partial charge in [-0.15, -0.1) is 0 Å². The first kappa shape index (κ1) is 13.4. The fraction of sp³-hybridized carbons (Fsp3) is 0.250. The second-order valence-corrected chi connectivity index (χ2v) is 5.30. The zero-order valence-electron chi connectivity index (χ0n) is 9.92. The molecule has 2 N–H and O–H groups in total. The van der Waals surface area contributed by atoms with Crippen LogP contribution in [0.1, 0.15) is 24.2 Å². The predicted octanol–water partition coefficient (Wildman–Crippen LogP) is 3.94. The third-order valence-electron chi connectivity index (χ3n) is 2.83. The molecule has 0 aliphatic heterocycles. The lowest BCUT2D eigenvalue weighted by molar-refractivity contribution is 0.563. The molecule has 96 valence electrons. The maximum Gasteiger partial charge on any atom is 0.141 e. The van der Waals surface area contributed by atoms with Gasteiger partial charge in [0.05, 0.1) is 11.7 Å². The van der Waals surface area contributed by atoms with Crippen LogP contribution < -0.4 is 5.73 Å². The molecule has 1 aromatic carbocycles. The zero-order chi connectivity index (χ0) is 13.4. The average molecular weight is 333 g/mol. The van der Waals surface area contributed by atoms with E-state index < -0.39 is 0 Å². The Labute approximate surface area is 118 Å². The number of hydrogen-bond donors (Lipinski definition) is 1. The van der Waals surface area contributed by atoms with E-state index in [1.807, 2.05) is 6.92 Å². The predicted molar refractivity (Wildman–Crippen MR) is 74.3 cm³/mol. The monoisotopic (exact) mass is 331 g/mol. The highest BCUT2D eigenvalue weighted by Crippen LogP contribution is 2.31. The van der Waals surface area contributed by atoms with Gasteiger partial charge in [-0.3, -0.25) is 0 Å². The summed E-state index contributed by atoms with van der Waals surface area (Å²) in [6, 6.07) is 4.39. The molecule has 1 unspecified atom stereocenters. The Morgan fingerprint density at radius 2 is 2.17 bits per heavy atom. The van der Waals surface area contributed by atoms with Crippen LogP contribution in [0.15, 0.2) is 22.7 Å². The van der Waals surface area contributed by atoms with Gasteiger partial charge in [-0.25, -0.2) is 9.07 Å². The van der Waals surface area contributed by atoms with Crippen molar-refractivity contribution in [3.05, 3.63) is 44.8 Å². The van der Waals surface area contributed by atoms with Gasteiger partial charge in [0.2, 0.25) is 0 Å². The molecule has 0 saturated heterocycles. The third kappa shape index (κ3) is 2.24. The van der Waals surface area contributed by atoms with Crippen LogP contribution in [0.25, 0.3) is 0 Å². The van der Waals surface area contributed by atoms with E-state index in [1.165, 1.54) is 12.1 Å². The minimum atomic E-state index is -0.291. The standard InChI is InChI=1S/C12H12BrClFN3/c1-6-11(14)12(16)18(17-6)7(2)9-4-3-8(15)5-10(9)13/h3-5,7H,16H2,1-2H3. The van der Waals surface area contributed by atoms with E-state index in [1.54, 1.807) is 17.7 Å².